The van der Waals surface area contributed by atoms with Crippen molar-refractivity contribution in [1.82, 2.24) is 0 Å². The molecule has 42 heavy (non-hydrogen) atoms. The van der Waals surface area contributed by atoms with Crippen molar-refractivity contribution in [3.63, 3.8) is 0 Å². The third-order valence-electron chi connectivity index (χ3n) is 6.97. The molecule has 0 aliphatic rings. The third kappa shape index (κ3) is 12.2. The number of rotatable bonds is 19. The van der Waals surface area contributed by atoms with E-state index in [4.69, 9.17) is 5.73 Å². The van der Waals surface area contributed by atoms with Gasteiger partial charge in [-0.1, -0.05) is 130 Å². The van der Waals surface area contributed by atoms with Crippen LogP contribution in [-0.4, -0.2) is 0 Å². The van der Waals surface area contributed by atoms with Crippen molar-refractivity contribution in [3.8, 4) is 0 Å². The Labute approximate surface area is 262 Å². The van der Waals surface area contributed by atoms with Crippen molar-refractivity contribution in [2.75, 3.05) is 0 Å². The van der Waals surface area contributed by atoms with Crippen LogP contribution < -0.4 is 5.73 Å². The molecule has 1 heteroatoms. The van der Waals surface area contributed by atoms with E-state index in [1.54, 1.807) is 0 Å². The average molecular weight is 572 g/mol. The van der Waals surface area contributed by atoms with Gasteiger partial charge in [0.15, 0.2) is 0 Å². The number of hydrogen-bond acceptors (Lipinski definition) is 1. The summed E-state index contributed by atoms with van der Waals surface area (Å²) in [6, 6.07) is 0. The van der Waals surface area contributed by atoms with Gasteiger partial charge in [-0.2, -0.15) is 0 Å². The molecule has 0 unspecified atom stereocenters. The molecule has 0 atom stereocenters. The van der Waals surface area contributed by atoms with E-state index in [2.05, 4.69) is 137 Å². The highest BCUT2D eigenvalue weighted by atomic mass is 14.6. The lowest BCUT2D eigenvalue weighted by atomic mass is 9.78. The molecule has 0 aliphatic heterocycles. The molecule has 234 valence electrons. The van der Waals surface area contributed by atoms with Gasteiger partial charge in [0.25, 0.3) is 0 Å². The van der Waals surface area contributed by atoms with E-state index in [0.717, 1.165) is 75.5 Å². The standard InChI is InChI=1S/C41H65N/c1-12-22-32(11)33(23-13-2)34(24-14-3)35(25-15-4)36(26-16-5)37(27-17-6)38(28-18-7)39(29-19-8)40(30-20-9)41(42)31-21-10/h22-31H,12-21,42H2,1-11H3. The normalized spacial score (nSPS) is 16.1. The molecule has 1 nitrogen and oxygen atoms in total. The van der Waals surface area contributed by atoms with Crippen molar-refractivity contribution in [1.29, 1.82) is 0 Å². The smallest absolute Gasteiger partial charge is 0.0349 e. The Morgan fingerprint density at radius 3 is 0.810 bits per heavy atom. The molecule has 0 heterocycles. The van der Waals surface area contributed by atoms with Gasteiger partial charge in [-0.05, 0) is 116 Å². The number of allylic oxidation sites excluding steroid dienone is 18. The zero-order chi connectivity index (χ0) is 31.9. The summed E-state index contributed by atoms with van der Waals surface area (Å²) in [5.41, 5.74) is 19.5. The molecule has 2 N–H and O–H groups in total. The van der Waals surface area contributed by atoms with Gasteiger partial charge in [0.1, 0.15) is 0 Å². The van der Waals surface area contributed by atoms with Crippen LogP contribution in [0.25, 0.3) is 0 Å². The second-order valence-electron chi connectivity index (χ2n) is 10.6. The first-order valence-corrected chi connectivity index (χ1v) is 17.1. The van der Waals surface area contributed by atoms with Crippen molar-refractivity contribution in [2.24, 2.45) is 5.73 Å². The molecule has 0 spiro atoms. The van der Waals surface area contributed by atoms with Gasteiger partial charge in [0.05, 0.1) is 0 Å². The quantitative estimate of drug-likeness (QED) is 0.153. The first-order chi connectivity index (χ1) is 20.3. The summed E-state index contributed by atoms with van der Waals surface area (Å²) in [5.74, 6) is 0. The summed E-state index contributed by atoms with van der Waals surface area (Å²) < 4.78 is 0. The fraction of sp³-hybridized carbons (Fsp3) is 0.512. The van der Waals surface area contributed by atoms with E-state index >= 15 is 0 Å². The summed E-state index contributed by atoms with van der Waals surface area (Å²) in [7, 11) is 0. The number of nitrogens with two attached hydrogens (primary N) is 1. The lowest BCUT2D eigenvalue weighted by molar-refractivity contribution is 1.08. The fourth-order valence-corrected chi connectivity index (χ4v) is 5.44. The lowest BCUT2D eigenvalue weighted by Gasteiger charge is -2.26. The minimum Gasteiger partial charge on any atom is -0.398 e. The molecule has 0 aliphatic carbocycles. The number of hydrogen-bond donors (Lipinski definition) is 1. The van der Waals surface area contributed by atoms with Crippen molar-refractivity contribution in [2.45, 2.75) is 140 Å². The second kappa shape index (κ2) is 23.7. The van der Waals surface area contributed by atoms with Crippen LogP contribution in [0.3, 0.4) is 0 Å². The van der Waals surface area contributed by atoms with Gasteiger partial charge in [0.2, 0.25) is 0 Å². The van der Waals surface area contributed by atoms with E-state index in [9.17, 15) is 0 Å². The van der Waals surface area contributed by atoms with E-state index in [1.165, 1.54) is 44.6 Å². The Kier molecular flexibility index (Phi) is 22.1. The zero-order valence-electron chi connectivity index (χ0n) is 29.4. The van der Waals surface area contributed by atoms with Crippen LogP contribution in [0, 0.1) is 0 Å². The minimum absolute atomic E-state index is 0.877. The molecular formula is C41H65N. The second-order valence-corrected chi connectivity index (χ2v) is 10.6. The molecule has 0 rings (SSSR count). The van der Waals surface area contributed by atoms with Gasteiger partial charge in [-0.3, -0.25) is 0 Å². The maximum Gasteiger partial charge on any atom is 0.0349 e. The van der Waals surface area contributed by atoms with Crippen LogP contribution in [0.4, 0.5) is 0 Å². The van der Waals surface area contributed by atoms with Crippen molar-refractivity contribution in [3.05, 3.63) is 117 Å². The highest BCUT2D eigenvalue weighted by molar-refractivity contribution is 5.73. The molecule has 0 saturated heterocycles. The van der Waals surface area contributed by atoms with Crippen LogP contribution in [-0.2, 0) is 0 Å². The predicted octanol–water partition coefficient (Wildman–Crippen LogP) is 13.3. The van der Waals surface area contributed by atoms with E-state index in [1.807, 2.05) is 0 Å². The molecule has 0 fully saturated rings. The van der Waals surface area contributed by atoms with Crippen LogP contribution >= 0.6 is 0 Å². The summed E-state index contributed by atoms with van der Waals surface area (Å²) >= 11 is 0. The molecule has 0 saturated carbocycles. The third-order valence-corrected chi connectivity index (χ3v) is 6.97. The molecule has 0 bridgehead atoms. The van der Waals surface area contributed by atoms with E-state index in [-0.39, 0.29) is 0 Å². The van der Waals surface area contributed by atoms with Gasteiger partial charge in [-0.15, -0.1) is 0 Å². The zero-order valence-corrected chi connectivity index (χ0v) is 29.4. The maximum atomic E-state index is 6.78. The maximum absolute atomic E-state index is 6.78. The van der Waals surface area contributed by atoms with Gasteiger partial charge in [0, 0.05) is 11.3 Å². The Morgan fingerprint density at radius 1 is 0.310 bits per heavy atom. The first-order valence-electron chi connectivity index (χ1n) is 17.1. The van der Waals surface area contributed by atoms with Gasteiger partial charge >= 0.3 is 0 Å². The average Bonchev–Trinajstić information content (AvgIpc) is 2.97. The lowest BCUT2D eigenvalue weighted by Crippen LogP contribution is -2.10. The first kappa shape index (κ1) is 39.2. The molecular weight excluding hydrogens is 506 g/mol. The monoisotopic (exact) mass is 572 g/mol. The molecule has 0 amide bonds. The SMILES string of the molecule is CCC=C(C)C(=CCC)C(=CCC)C(=CCC)C(=CCC)C(=CCC)C(=CCC)C(=CCC)C(=CCC)C(N)=CCC. The van der Waals surface area contributed by atoms with Crippen LogP contribution in [0.5, 0.6) is 0 Å². The highest BCUT2D eigenvalue weighted by Crippen LogP contribution is 2.41. The summed E-state index contributed by atoms with van der Waals surface area (Å²) in [6.07, 6.45) is 33.6. The minimum atomic E-state index is 0.877. The van der Waals surface area contributed by atoms with E-state index in [0.29, 0.717) is 0 Å². The Bertz CT molecular complexity index is 1030. The summed E-state index contributed by atoms with van der Waals surface area (Å²) in [5, 5.41) is 0. The van der Waals surface area contributed by atoms with Crippen LogP contribution in [0.2, 0.25) is 0 Å². The summed E-state index contributed by atoms with van der Waals surface area (Å²) in [4.78, 5) is 0. The molecule has 0 radical (unpaired) electrons. The fourth-order valence-electron chi connectivity index (χ4n) is 5.44. The highest BCUT2D eigenvalue weighted by Gasteiger charge is 2.23. The molecule has 0 aromatic heterocycles. The Morgan fingerprint density at radius 2 is 0.524 bits per heavy atom. The topological polar surface area (TPSA) is 26.0 Å². The molecule has 0 aromatic carbocycles. The largest absolute Gasteiger partial charge is 0.398 e. The Balaban J connectivity index is 7.94. The Hall–Kier alpha value is -2.80. The predicted molar refractivity (Wildman–Crippen MR) is 194 cm³/mol. The van der Waals surface area contributed by atoms with Crippen LogP contribution in [0.15, 0.2) is 117 Å². The van der Waals surface area contributed by atoms with Gasteiger partial charge in [-0.25, -0.2) is 0 Å². The van der Waals surface area contributed by atoms with Crippen molar-refractivity contribution >= 4 is 0 Å². The van der Waals surface area contributed by atoms with Crippen molar-refractivity contribution < 1.29 is 0 Å². The van der Waals surface area contributed by atoms with Gasteiger partial charge < -0.3 is 5.73 Å². The molecule has 0 aromatic rings. The van der Waals surface area contributed by atoms with Crippen LogP contribution in [0.1, 0.15) is 140 Å². The van der Waals surface area contributed by atoms with E-state index < -0.39 is 0 Å². The summed E-state index contributed by atoms with van der Waals surface area (Å²) in [6.45, 7) is 24.6.